The first-order chi connectivity index (χ1) is 6.61. The predicted molar refractivity (Wildman–Crippen MR) is 52.6 cm³/mol. The van der Waals surface area contributed by atoms with Crippen molar-refractivity contribution in [1.29, 1.82) is 0 Å². The van der Waals surface area contributed by atoms with Crippen molar-refractivity contribution in [3.05, 3.63) is 0 Å². The van der Waals surface area contributed by atoms with E-state index in [1.54, 1.807) is 0 Å². The van der Waals surface area contributed by atoms with E-state index in [2.05, 4.69) is 10.6 Å². The first-order valence-electron chi connectivity index (χ1n) is 4.77. The summed E-state index contributed by atoms with van der Waals surface area (Å²) < 4.78 is 0. The van der Waals surface area contributed by atoms with Gasteiger partial charge in [-0.3, -0.25) is 9.59 Å². The molecule has 1 atom stereocenters. The molecule has 3 N–H and O–H groups in total. The quantitative estimate of drug-likeness (QED) is 0.503. The Morgan fingerprint density at radius 3 is 2.50 bits per heavy atom. The van der Waals surface area contributed by atoms with Gasteiger partial charge in [0.1, 0.15) is 6.04 Å². The monoisotopic (exact) mass is 202 g/mol. The number of hydrogen-bond acceptors (Lipinski definition) is 3. The van der Waals surface area contributed by atoms with Gasteiger partial charge in [-0.15, -0.1) is 0 Å². The highest BCUT2D eigenvalue weighted by atomic mass is 16.3. The molecule has 0 bridgehead atoms. The average Bonchev–Trinajstić information content (AvgIpc) is 2.14. The topological polar surface area (TPSA) is 78.4 Å². The maximum Gasteiger partial charge on any atom is 0.244 e. The van der Waals surface area contributed by atoms with Crippen molar-refractivity contribution in [3.63, 3.8) is 0 Å². The molecule has 0 aliphatic carbocycles. The zero-order chi connectivity index (χ0) is 11.0. The predicted octanol–water partition coefficient (Wildman–Crippen LogP) is -0.600. The molecule has 0 radical (unpaired) electrons. The van der Waals surface area contributed by atoms with Gasteiger partial charge in [-0.25, -0.2) is 0 Å². The van der Waals surface area contributed by atoms with Gasteiger partial charge < -0.3 is 15.7 Å². The number of nitrogens with one attached hydrogen (secondary N) is 2. The number of unbranched alkanes of at least 4 members (excludes halogenated alkanes) is 1. The van der Waals surface area contributed by atoms with Crippen LogP contribution >= 0.6 is 0 Å². The fourth-order valence-corrected chi connectivity index (χ4v) is 0.951. The Hall–Kier alpha value is -1.10. The molecule has 5 heteroatoms. The van der Waals surface area contributed by atoms with Gasteiger partial charge in [-0.1, -0.05) is 13.3 Å². The van der Waals surface area contributed by atoms with Gasteiger partial charge in [0, 0.05) is 13.5 Å². The van der Waals surface area contributed by atoms with Gasteiger partial charge in [0.05, 0.1) is 6.61 Å². The van der Waals surface area contributed by atoms with Crippen LogP contribution < -0.4 is 10.6 Å². The number of hydrogen-bond donors (Lipinski definition) is 3. The Morgan fingerprint density at radius 1 is 1.43 bits per heavy atom. The molecule has 0 aliphatic rings. The molecule has 0 saturated heterocycles. The second kappa shape index (κ2) is 7.32. The molecule has 82 valence electrons. The molecule has 14 heavy (non-hydrogen) atoms. The maximum absolute atomic E-state index is 11.3. The highest BCUT2D eigenvalue weighted by Crippen LogP contribution is 1.86. The van der Waals surface area contributed by atoms with Crippen LogP contribution in [0.1, 0.15) is 26.7 Å². The molecule has 0 aliphatic heterocycles. The lowest BCUT2D eigenvalue weighted by atomic mass is 10.2. The van der Waals surface area contributed by atoms with Crippen LogP contribution in [0.5, 0.6) is 0 Å². The summed E-state index contributed by atoms with van der Waals surface area (Å²) in [5.41, 5.74) is 0. The smallest absolute Gasteiger partial charge is 0.244 e. The average molecular weight is 202 g/mol. The van der Waals surface area contributed by atoms with Crippen LogP contribution in [0, 0.1) is 0 Å². The zero-order valence-corrected chi connectivity index (χ0v) is 8.67. The summed E-state index contributed by atoms with van der Waals surface area (Å²) in [7, 11) is 0. The highest BCUT2D eigenvalue weighted by Gasteiger charge is 2.16. The van der Waals surface area contributed by atoms with Gasteiger partial charge >= 0.3 is 0 Å². The largest absolute Gasteiger partial charge is 0.394 e. The minimum absolute atomic E-state index is 0.324. The summed E-state index contributed by atoms with van der Waals surface area (Å²) in [5.74, 6) is -0.661. The van der Waals surface area contributed by atoms with Crippen molar-refractivity contribution in [2.24, 2.45) is 0 Å². The first kappa shape index (κ1) is 12.9. The first-order valence-corrected chi connectivity index (χ1v) is 4.77. The summed E-state index contributed by atoms with van der Waals surface area (Å²) >= 11 is 0. The van der Waals surface area contributed by atoms with Crippen LogP contribution in [-0.2, 0) is 9.59 Å². The summed E-state index contributed by atoms with van der Waals surface area (Å²) in [4.78, 5) is 21.9. The second-order valence-electron chi connectivity index (χ2n) is 3.08. The van der Waals surface area contributed by atoms with Gasteiger partial charge in [0.25, 0.3) is 0 Å². The molecule has 2 amide bonds. The molecule has 0 aromatic rings. The van der Waals surface area contributed by atoms with Gasteiger partial charge in [-0.2, -0.15) is 0 Å². The van der Waals surface area contributed by atoms with E-state index in [9.17, 15) is 9.59 Å². The van der Waals surface area contributed by atoms with Crippen molar-refractivity contribution < 1.29 is 14.7 Å². The number of aliphatic hydroxyl groups excluding tert-OH is 1. The Labute approximate surface area is 83.9 Å². The van der Waals surface area contributed by atoms with Gasteiger partial charge in [0.15, 0.2) is 0 Å². The highest BCUT2D eigenvalue weighted by molar-refractivity contribution is 5.86. The lowest BCUT2D eigenvalue weighted by molar-refractivity contribution is -0.129. The molecule has 5 nitrogen and oxygen atoms in total. The zero-order valence-electron chi connectivity index (χ0n) is 8.67. The molecule has 0 saturated carbocycles. The molecular formula is C9H18N2O3. The molecule has 1 unspecified atom stereocenters. The molecule has 0 aromatic carbocycles. The summed E-state index contributed by atoms with van der Waals surface area (Å²) in [5, 5.41) is 13.8. The third-order valence-corrected chi connectivity index (χ3v) is 1.71. The molecule has 0 rings (SSSR count). The number of carbonyl (C=O) groups is 2. The van der Waals surface area contributed by atoms with Crippen LogP contribution in [-0.4, -0.2) is 36.1 Å². The van der Waals surface area contributed by atoms with E-state index in [1.165, 1.54) is 6.92 Å². The van der Waals surface area contributed by atoms with Gasteiger partial charge in [-0.05, 0) is 6.42 Å². The Morgan fingerprint density at radius 2 is 2.07 bits per heavy atom. The van der Waals surface area contributed by atoms with Crippen molar-refractivity contribution in [2.45, 2.75) is 32.7 Å². The number of carbonyl (C=O) groups excluding carboxylic acids is 2. The lowest BCUT2D eigenvalue weighted by Crippen LogP contribution is -2.48. The molecule has 0 fully saturated rings. The van der Waals surface area contributed by atoms with E-state index in [4.69, 9.17) is 5.11 Å². The fraction of sp³-hybridized carbons (Fsp3) is 0.778. The van der Waals surface area contributed by atoms with Crippen LogP contribution in [0.3, 0.4) is 0 Å². The Balaban J connectivity index is 3.85. The summed E-state index contributed by atoms with van der Waals surface area (Å²) in [6.07, 6.45) is 1.88. The van der Waals surface area contributed by atoms with Crippen molar-refractivity contribution in [3.8, 4) is 0 Å². The van der Waals surface area contributed by atoms with Crippen molar-refractivity contribution in [2.75, 3.05) is 13.2 Å². The summed E-state index contributed by atoms with van der Waals surface area (Å²) in [6.45, 7) is 3.52. The van der Waals surface area contributed by atoms with E-state index < -0.39 is 6.04 Å². The lowest BCUT2D eigenvalue weighted by Gasteiger charge is -2.14. The number of amides is 2. The van der Waals surface area contributed by atoms with Gasteiger partial charge in [0.2, 0.25) is 11.8 Å². The number of aliphatic hydroxyl groups is 1. The molecule has 0 spiro atoms. The van der Waals surface area contributed by atoms with Crippen molar-refractivity contribution in [1.82, 2.24) is 10.6 Å². The third-order valence-electron chi connectivity index (χ3n) is 1.71. The minimum atomic E-state index is -0.829. The SMILES string of the molecule is CCCCNC(=O)C(CO)NC(C)=O. The van der Waals surface area contributed by atoms with E-state index >= 15 is 0 Å². The maximum atomic E-state index is 11.3. The van der Waals surface area contributed by atoms with Crippen LogP contribution in [0.15, 0.2) is 0 Å². The fourth-order valence-electron chi connectivity index (χ4n) is 0.951. The van der Waals surface area contributed by atoms with E-state index in [1.807, 2.05) is 6.92 Å². The molecule has 0 aromatic heterocycles. The summed E-state index contributed by atoms with van der Waals surface area (Å²) in [6, 6.07) is -0.829. The minimum Gasteiger partial charge on any atom is -0.394 e. The standard InChI is InChI=1S/C9H18N2O3/c1-3-4-5-10-9(14)8(6-12)11-7(2)13/h8,12H,3-6H2,1-2H3,(H,10,14)(H,11,13). The van der Waals surface area contributed by atoms with Crippen molar-refractivity contribution >= 4 is 11.8 Å². The van der Waals surface area contributed by atoms with E-state index in [-0.39, 0.29) is 18.4 Å². The third kappa shape index (κ3) is 5.53. The van der Waals surface area contributed by atoms with Crippen LogP contribution in [0.4, 0.5) is 0 Å². The van der Waals surface area contributed by atoms with E-state index in [0.717, 1.165) is 12.8 Å². The number of rotatable bonds is 6. The Bertz CT molecular complexity index is 194. The molecule has 0 heterocycles. The Kier molecular flexibility index (Phi) is 6.74. The van der Waals surface area contributed by atoms with E-state index in [0.29, 0.717) is 6.54 Å². The normalized spacial score (nSPS) is 11.9. The van der Waals surface area contributed by atoms with Crippen LogP contribution in [0.2, 0.25) is 0 Å². The second-order valence-corrected chi connectivity index (χ2v) is 3.08. The van der Waals surface area contributed by atoms with Crippen LogP contribution in [0.25, 0.3) is 0 Å². The molecular weight excluding hydrogens is 184 g/mol.